The van der Waals surface area contributed by atoms with E-state index in [-0.39, 0.29) is 30.2 Å². The summed E-state index contributed by atoms with van der Waals surface area (Å²) in [5.41, 5.74) is 3.30. The monoisotopic (exact) mass is 480 g/mol. The van der Waals surface area contributed by atoms with Crippen LogP contribution >= 0.6 is 11.9 Å². The van der Waals surface area contributed by atoms with E-state index in [0.29, 0.717) is 13.0 Å². The molecule has 7 nitrogen and oxygen atoms in total. The number of aliphatic hydroxyl groups excluding tert-OH is 2. The molecule has 0 saturated carbocycles. The number of rotatable bonds is 7. The topological polar surface area (TPSA) is 90.3 Å². The molecule has 0 spiro atoms. The second-order valence-electron chi connectivity index (χ2n) is 9.00. The van der Waals surface area contributed by atoms with E-state index < -0.39 is 18.0 Å². The number of fused-ring (bicyclic) bond motifs is 1. The molecule has 2 aromatic rings. The first kappa shape index (κ1) is 23.0. The molecular weight excluding hydrogens is 452 g/mol. The van der Waals surface area contributed by atoms with Crippen molar-refractivity contribution in [3.8, 4) is 0 Å². The minimum atomic E-state index is -0.769. The van der Waals surface area contributed by atoms with Crippen molar-refractivity contribution in [2.24, 2.45) is 11.8 Å². The van der Waals surface area contributed by atoms with E-state index in [4.69, 9.17) is 4.74 Å². The number of carbonyl (C=O) groups excluding carboxylic acids is 2. The van der Waals surface area contributed by atoms with Gasteiger partial charge in [-0.25, -0.2) is 4.79 Å². The first-order valence-electron chi connectivity index (χ1n) is 11.5. The van der Waals surface area contributed by atoms with Crippen molar-refractivity contribution in [3.63, 3.8) is 0 Å². The summed E-state index contributed by atoms with van der Waals surface area (Å²) in [5, 5.41) is 21.9. The molecule has 5 rings (SSSR count). The molecular formula is C26H28N2O5S. The van der Waals surface area contributed by atoms with E-state index >= 15 is 0 Å². The van der Waals surface area contributed by atoms with Gasteiger partial charge in [-0.2, -0.15) is 0 Å². The maximum Gasteiger partial charge on any atom is 0.355 e. The fraction of sp³-hybridized carbons (Fsp3) is 0.385. The number of esters is 1. The van der Waals surface area contributed by atoms with Crippen LogP contribution in [0.2, 0.25) is 0 Å². The molecule has 1 amide bonds. The molecule has 3 heterocycles. The summed E-state index contributed by atoms with van der Waals surface area (Å²) >= 11 is 1.67. The van der Waals surface area contributed by atoms with Crippen molar-refractivity contribution >= 4 is 40.3 Å². The van der Waals surface area contributed by atoms with Crippen LogP contribution in [0.15, 0.2) is 58.6 Å². The molecule has 3 aliphatic rings. The Balaban J connectivity index is 1.42. The number of aliphatic hydroxyl groups is 2. The summed E-state index contributed by atoms with van der Waals surface area (Å²) < 4.78 is 7.18. The Kier molecular flexibility index (Phi) is 5.91. The summed E-state index contributed by atoms with van der Waals surface area (Å²) in [6.45, 7) is 4.33. The lowest BCUT2D eigenvalue weighted by molar-refractivity contribution is -0.163. The number of ether oxygens (including phenoxy) is 1. The minimum absolute atomic E-state index is 0.0875. The van der Waals surface area contributed by atoms with Crippen LogP contribution in [0.1, 0.15) is 19.4 Å². The maximum atomic E-state index is 12.7. The van der Waals surface area contributed by atoms with Gasteiger partial charge in [0, 0.05) is 29.4 Å². The predicted octanol–water partition coefficient (Wildman–Crippen LogP) is 3.04. The zero-order valence-electron chi connectivity index (χ0n) is 19.4. The van der Waals surface area contributed by atoms with Gasteiger partial charge in [0.25, 0.3) is 0 Å². The molecule has 8 heteroatoms. The predicted molar refractivity (Wildman–Crippen MR) is 131 cm³/mol. The summed E-state index contributed by atoms with van der Waals surface area (Å²) in [7, 11) is 1.31. The van der Waals surface area contributed by atoms with Gasteiger partial charge in [0.2, 0.25) is 5.91 Å². The number of carbonyl (C=O) groups is 2. The Morgan fingerprint density at radius 2 is 2.09 bits per heavy atom. The first-order valence-corrected chi connectivity index (χ1v) is 12.3. The van der Waals surface area contributed by atoms with Crippen LogP contribution in [-0.2, 0) is 20.7 Å². The van der Waals surface area contributed by atoms with E-state index in [1.165, 1.54) is 22.3 Å². The molecule has 4 atom stereocenters. The number of nitrogens with zero attached hydrogens (tertiary/aromatic N) is 2. The maximum absolute atomic E-state index is 12.7. The molecule has 0 aliphatic carbocycles. The molecule has 0 radical (unpaired) electrons. The van der Waals surface area contributed by atoms with Crippen LogP contribution in [-0.4, -0.2) is 59.4 Å². The molecule has 1 fully saturated rings. The molecule has 1 saturated heterocycles. The number of anilines is 1. The molecule has 178 valence electrons. The SMILES string of the molecule is COC(=O)C1=C(/C=C/CN2Sc3ccc(CCO)c4cccc2c34)C(C)C2C(C(C)O)C(=O)N12. The quantitative estimate of drug-likeness (QED) is 0.358. The smallest absolute Gasteiger partial charge is 0.355 e. The van der Waals surface area contributed by atoms with Crippen LogP contribution in [0.25, 0.3) is 10.8 Å². The average Bonchev–Trinajstić information content (AvgIpc) is 3.29. The van der Waals surface area contributed by atoms with Crippen molar-refractivity contribution in [2.75, 3.05) is 24.6 Å². The summed E-state index contributed by atoms with van der Waals surface area (Å²) in [6.07, 6.45) is 3.78. The number of allylic oxidation sites excluding steroid dienone is 1. The summed E-state index contributed by atoms with van der Waals surface area (Å²) in [5.74, 6) is -1.35. The lowest BCUT2D eigenvalue weighted by Crippen LogP contribution is -2.63. The van der Waals surface area contributed by atoms with Gasteiger partial charge in [0.05, 0.1) is 30.9 Å². The number of β-lactam (4-membered cyclic amide) rings is 1. The van der Waals surface area contributed by atoms with Gasteiger partial charge < -0.3 is 24.2 Å². The summed E-state index contributed by atoms with van der Waals surface area (Å²) in [6, 6.07) is 10.2. The van der Waals surface area contributed by atoms with Crippen LogP contribution in [0.3, 0.4) is 0 Å². The number of methoxy groups -OCH3 is 1. The minimum Gasteiger partial charge on any atom is -0.464 e. The van der Waals surface area contributed by atoms with E-state index in [2.05, 4.69) is 28.6 Å². The van der Waals surface area contributed by atoms with E-state index in [0.717, 1.165) is 22.2 Å². The highest BCUT2D eigenvalue weighted by Crippen LogP contribution is 2.49. The molecule has 0 bridgehead atoms. The Bertz CT molecular complexity index is 1240. The van der Waals surface area contributed by atoms with Gasteiger partial charge in [0.15, 0.2) is 0 Å². The van der Waals surface area contributed by atoms with Crippen molar-refractivity contribution in [2.45, 2.75) is 37.3 Å². The van der Waals surface area contributed by atoms with Gasteiger partial charge in [-0.05, 0) is 53.9 Å². The van der Waals surface area contributed by atoms with Crippen LogP contribution < -0.4 is 4.31 Å². The molecule has 0 aromatic heterocycles. The van der Waals surface area contributed by atoms with Gasteiger partial charge in [-0.3, -0.25) is 4.79 Å². The first-order chi connectivity index (χ1) is 16.4. The third kappa shape index (κ3) is 3.35. The highest BCUT2D eigenvalue weighted by Gasteiger charge is 2.59. The van der Waals surface area contributed by atoms with Gasteiger partial charge in [-0.1, -0.05) is 37.3 Å². The fourth-order valence-corrected chi connectivity index (χ4v) is 6.60. The second-order valence-corrected chi connectivity index (χ2v) is 10.1. The third-order valence-electron chi connectivity index (χ3n) is 7.10. The van der Waals surface area contributed by atoms with E-state index in [9.17, 15) is 19.8 Å². The van der Waals surface area contributed by atoms with Crippen LogP contribution in [0, 0.1) is 11.8 Å². The van der Waals surface area contributed by atoms with E-state index in [1.54, 1.807) is 18.9 Å². The summed E-state index contributed by atoms with van der Waals surface area (Å²) in [4.78, 5) is 27.9. The van der Waals surface area contributed by atoms with Crippen LogP contribution in [0.5, 0.6) is 0 Å². The zero-order valence-corrected chi connectivity index (χ0v) is 20.2. The van der Waals surface area contributed by atoms with Gasteiger partial charge in [-0.15, -0.1) is 0 Å². The Morgan fingerprint density at radius 3 is 2.79 bits per heavy atom. The van der Waals surface area contributed by atoms with Crippen molar-refractivity contribution < 1.29 is 24.5 Å². The van der Waals surface area contributed by atoms with Crippen molar-refractivity contribution in [3.05, 3.63) is 59.3 Å². The van der Waals surface area contributed by atoms with Crippen molar-refractivity contribution in [1.82, 2.24) is 4.90 Å². The molecule has 2 aromatic carbocycles. The normalized spacial score (nSPS) is 24.3. The third-order valence-corrected chi connectivity index (χ3v) is 8.21. The molecule has 3 aliphatic heterocycles. The molecule has 4 unspecified atom stereocenters. The Labute approximate surface area is 202 Å². The lowest BCUT2D eigenvalue weighted by Gasteiger charge is -2.46. The standard InChI is InChI=1S/C26H28N2O5S/c1-14-17(24(26(32)33-3)28-23(14)21(15(2)30)25(28)31)7-5-12-27-19-8-4-6-18-16(11-13-29)9-10-20(34-27)22(18)19/h4-10,14-15,21,23,29-30H,11-13H2,1-3H3/b7-5+. The average molecular weight is 481 g/mol. The number of amides is 1. The Morgan fingerprint density at radius 1 is 1.29 bits per heavy atom. The number of benzene rings is 2. The second kappa shape index (κ2) is 8.76. The lowest BCUT2D eigenvalue weighted by atomic mass is 9.78. The number of hydrogen-bond acceptors (Lipinski definition) is 7. The fourth-order valence-electron chi connectivity index (χ4n) is 5.52. The van der Waals surface area contributed by atoms with Crippen molar-refractivity contribution in [1.29, 1.82) is 0 Å². The highest BCUT2D eigenvalue weighted by atomic mass is 32.2. The zero-order chi connectivity index (χ0) is 24.1. The van der Waals surface area contributed by atoms with Crippen LogP contribution in [0.4, 0.5) is 5.69 Å². The Hall–Kier alpha value is -2.81. The molecule has 34 heavy (non-hydrogen) atoms. The largest absolute Gasteiger partial charge is 0.464 e. The van der Waals surface area contributed by atoms with Gasteiger partial charge >= 0.3 is 5.97 Å². The van der Waals surface area contributed by atoms with E-state index in [1.807, 2.05) is 25.1 Å². The molecule has 2 N–H and O–H groups in total. The number of hydrogen-bond donors (Lipinski definition) is 2. The van der Waals surface area contributed by atoms with Gasteiger partial charge in [0.1, 0.15) is 5.70 Å². The highest BCUT2D eigenvalue weighted by molar-refractivity contribution is 8.01.